The maximum absolute atomic E-state index is 12.4. The van der Waals surface area contributed by atoms with Crippen molar-refractivity contribution >= 4 is 40.5 Å². The van der Waals surface area contributed by atoms with Gasteiger partial charge in [-0.05, 0) is 30.7 Å². The highest BCUT2D eigenvalue weighted by molar-refractivity contribution is 6.33. The number of hydrogen-bond acceptors (Lipinski definition) is 4. The predicted octanol–water partition coefficient (Wildman–Crippen LogP) is 4.70. The third-order valence-corrected chi connectivity index (χ3v) is 3.72. The number of nitrogens with zero attached hydrogens (tertiary/aromatic N) is 1. The van der Waals surface area contributed by atoms with E-state index in [1.807, 2.05) is 0 Å². The molecule has 1 atom stereocenters. The number of rotatable bonds is 6. The topological polar surface area (TPSA) is 81.5 Å². The molecule has 0 heterocycles. The van der Waals surface area contributed by atoms with Gasteiger partial charge in [-0.15, -0.1) is 0 Å². The summed E-state index contributed by atoms with van der Waals surface area (Å²) in [7, 11) is 0. The number of amides is 1. The summed E-state index contributed by atoms with van der Waals surface area (Å²) in [5, 5.41) is 14.1. The van der Waals surface area contributed by atoms with E-state index in [1.165, 1.54) is 18.2 Å². The van der Waals surface area contributed by atoms with Crippen LogP contribution in [0.2, 0.25) is 10.0 Å². The number of nitro groups is 1. The van der Waals surface area contributed by atoms with Crippen LogP contribution in [0.15, 0.2) is 42.5 Å². The third kappa shape index (κ3) is 4.59. The highest BCUT2D eigenvalue weighted by Crippen LogP contribution is 2.27. The highest BCUT2D eigenvalue weighted by atomic mass is 35.5. The Bertz CT molecular complexity index is 767. The standard InChI is InChI=1S/C16H14Cl2N2O4/c1-2-15(24-12-5-3-4-10(17)8-12)16(21)19-14-9-11(20(22)23)6-7-13(14)18/h3-9,15H,2H2,1H3,(H,19,21)/t15-/m0/s1. The first-order valence-electron chi connectivity index (χ1n) is 7.07. The van der Waals surface area contributed by atoms with E-state index in [2.05, 4.69) is 5.32 Å². The number of nitro benzene ring substituents is 1. The molecule has 8 heteroatoms. The molecule has 126 valence electrons. The van der Waals surface area contributed by atoms with Crippen LogP contribution in [0.4, 0.5) is 11.4 Å². The molecule has 0 unspecified atom stereocenters. The van der Waals surface area contributed by atoms with E-state index in [0.717, 1.165) is 0 Å². The van der Waals surface area contributed by atoms with Crippen molar-refractivity contribution in [2.75, 3.05) is 5.32 Å². The van der Waals surface area contributed by atoms with E-state index in [9.17, 15) is 14.9 Å². The fourth-order valence-electron chi connectivity index (χ4n) is 1.96. The molecule has 0 radical (unpaired) electrons. The Morgan fingerprint density at radius 1 is 1.29 bits per heavy atom. The zero-order valence-corrected chi connectivity index (χ0v) is 14.2. The van der Waals surface area contributed by atoms with E-state index in [-0.39, 0.29) is 16.4 Å². The zero-order valence-electron chi connectivity index (χ0n) is 12.7. The molecule has 0 aliphatic heterocycles. The Hall–Kier alpha value is -2.31. The molecule has 0 aliphatic rings. The number of ether oxygens (including phenoxy) is 1. The van der Waals surface area contributed by atoms with Gasteiger partial charge in [-0.3, -0.25) is 14.9 Å². The van der Waals surface area contributed by atoms with Gasteiger partial charge in [0.15, 0.2) is 6.10 Å². The summed E-state index contributed by atoms with van der Waals surface area (Å²) in [6.07, 6.45) is -0.399. The number of carbonyl (C=O) groups excluding carboxylic acids is 1. The van der Waals surface area contributed by atoms with Gasteiger partial charge in [0.1, 0.15) is 5.75 Å². The molecule has 0 saturated carbocycles. The summed E-state index contributed by atoms with van der Waals surface area (Å²) in [6.45, 7) is 1.78. The van der Waals surface area contributed by atoms with Crippen LogP contribution in [0.25, 0.3) is 0 Å². The fourth-order valence-corrected chi connectivity index (χ4v) is 2.31. The second-order valence-electron chi connectivity index (χ2n) is 4.88. The third-order valence-electron chi connectivity index (χ3n) is 3.16. The minimum Gasteiger partial charge on any atom is -0.481 e. The summed E-state index contributed by atoms with van der Waals surface area (Å²) in [6, 6.07) is 10.5. The van der Waals surface area contributed by atoms with Gasteiger partial charge in [-0.25, -0.2) is 0 Å². The lowest BCUT2D eigenvalue weighted by atomic mass is 10.2. The van der Waals surface area contributed by atoms with Gasteiger partial charge in [0, 0.05) is 17.2 Å². The average Bonchev–Trinajstić information content (AvgIpc) is 2.54. The summed E-state index contributed by atoms with van der Waals surface area (Å²) in [4.78, 5) is 22.6. The van der Waals surface area contributed by atoms with Crippen LogP contribution in [0.1, 0.15) is 13.3 Å². The maximum atomic E-state index is 12.4. The lowest BCUT2D eigenvalue weighted by molar-refractivity contribution is -0.384. The van der Waals surface area contributed by atoms with Gasteiger partial charge in [-0.2, -0.15) is 0 Å². The van der Waals surface area contributed by atoms with E-state index >= 15 is 0 Å². The van der Waals surface area contributed by atoms with Crippen molar-refractivity contribution in [3.05, 3.63) is 62.6 Å². The van der Waals surface area contributed by atoms with Crippen LogP contribution in [0.3, 0.4) is 0 Å². The Labute approximate surface area is 148 Å². The molecule has 24 heavy (non-hydrogen) atoms. The minimum absolute atomic E-state index is 0.156. The molecule has 0 bridgehead atoms. The Morgan fingerprint density at radius 3 is 2.67 bits per heavy atom. The van der Waals surface area contributed by atoms with Crippen LogP contribution in [-0.2, 0) is 4.79 Å². The van der Waals surface area contributed by atoms with E-state index < -0.39 is 16.9 Å². The lowest BCUT2D eigenvalue weighted by Gasteiger charge is -2.17. The second kappa shape index (κ2) is 7.99. The maximum Gasteiger partial charge on any atom is 0.271 e. The molecular formula is C16H14Cl2N2O4. The van der Waals surface area contributed by atoms with E-state index in [0.29, 0.717) is 17.2 Å². The average molecular weight is 369 g/mol. The molecule has 2 aromatic carbocycles. The Kier molecular flexibility index (Phi) is 6.00. The molecular weight excluding hydrogens is 355 g/mol. The molecule has 2 rings (SSSR count). The largest absolute Gasteiger partial charge is 0.481 e. The van der Waals surface area contributed by atoms with Crippen molar-refractivity contribution in [1.29, 1.82) is 0 Å². The SMILES string of the molecule is CC[C@H](Oc1cccc(Cl)c1)C(=O)Nc1cc([N+](=O)[O-])ccc1Cl. The predicted molar refractivity (Wildman–Crippen MR) is 92.9 cm³/mol. The van der Waals surface area contributed by atoms with Crippen molar-refractivity contribution < 1.29 is 14.5 Å². The van der Waals surface area contributed by atoms with Crippen molar-refractivity contribution in [3.8, 4) is 5.75 Å². The van der Waals surface area contributed by atoms with Gasteiger partial charge < -0.3 is 10.1 Å². The number of anilines is 1. The number of halogens is 2. The van der Waals surface area contributed by atoms with Gasteiger partial charge in [0.25, 0.3) is 11.6 Å². The van der Waals surface area contributed by atoms with E-state index in [4.69, 9.17) is 27.9 Å². The first kappa shape index (κ1) is 18.0. The van der Waals surface area contributed by atoms with Crippen molar-refractivity contribution in [1.82, 2.24) is 0 Å². The molecule has 0 saturated heterocycles. The van der Waals surface area contributed by atoms with Crippen LogP contribution < -0.4 is 10.1 Å². The molecule has 0 spiro atoms. The fraction of sp³-hybridized carbons (Fsp3) is 0.188. The summed E-state index contributed by atoms with van der Waals surface area (Å²) >= 11 is 11.9. The zero-order chi connectivity index (χ0) is 17.7. The number of nitrogens with one attached hydrogen (secondary N) is 1. The first-order valence-corrected chi connectivity index (χ1v) is 7.83. The van der Waals surface area contributed by atoms with Gasteiger partial charge in [0.05, 0.1) is 15.6 Å². The monoisotopic (exact) mass is 368 g/mol. The number of hydrogen-bond donors (Lipinski definition) is 1. The molecule has 0 fully saturated rings. The summed E-state index contributed by atoms with van der Waals surface area (Å²) in [5.74, 6) is -0.00508. The number of carbonyl (C=O) groups is 1. The molecule has 1 N–H and O–H groups in total. The van der Waals surface area contributed by atoms with Crippen LogP contribution in [0, 0.1) is 10.1 Å². The first-order chi connectivity index (χ1) is 11.4. The summed E-state index contributed by atoms with van der Waals surface area (Å²) < 4.78 is 5.62. The quantitative estimate of drug-likeness (QED) is 0.591. The van der Waals surface area contributed by atoms with Crippen LogP contribution >= 0.6 is 23.2 Å². The molecule has 0 aromatic heterocycles. The molecule has 6 nitrogen and oxygen atoms in total. The smallest absolute Gasteiger partial charge is 0.271 e. The Balaban J connectivity index is 2.15. The lowest BCUT2D eigenvalue weighted by Crippen LogP contribution is -2.32. The second-order valence-corrected chi connectivity index (χ2v) is 5.73. The minimum atomic E-state index is -0.793. The summed E-state index contributed by atoms with van der Waals surface area (Å²) in [5.41, 5.74) is -0.0116. The molecule has 0 aliphatic carbocycles. The number of non-ortho nitro benzene ring substituents is 1. The van der Waals surface area contributed by atoms with Crippen LogP contribution in [0.5, 0.6) is 5.75 Å². The normalized spacial score (nSPS) is 11.6. The van der Waals surface area contributed by atoms with Gasteiger partial charge in [0.2, 0.25) is 0 Å². The highest BCUT2D eigenvalue weighted by Gasteiger charge is 2.20. The molecule has 2 aromatic rings. The van der Waals surface area contributed by atoms with Gasteiger partial charge in [-0.1, -0.05) is 36.2 Å². The van der Waals surface area contributed by atoms with Crippen LogP contribution in [-0.4, -0.2) is 16.9 Å². The van der Waals surface area contributed by atoms with Gasteiger partial charge >= 0.3 is 0 Å². The van der Waals surface area contributed by atoms with Crippen molar-refractivity contribution in [2.45, 2.75) is 19.4 Å². The van der Waals surface area contributed by atoms with Crippen molar-refractivity contribution in [2.24, 2.45) is 0 Å². The Morgan fingerprint density at radius 2 is 2.04 bits per heavy atom. The van der Waals surface area contributed by atoms with E-state index in [1.54, 1.807) is 31.2 Å². The number of benzene rings is 2. The molecule has 1 amide bonds. The van der Waals surface area contributed by atoms with Crippen molar-refractivity contribution in [3.63, 3.8) is 0 Å².